The lowest BCUT2D eigenvalue weighted by Gasteiger charge is -2.07. The van der Waals surface area contributed by atoms with Crippen molar-refractivity contribution >= 4 is 11.8 Å². The van der Waals surface area contributed by atoms with Gasteiger partial charge in [0.1, 0.15) is 0 Å². The molecule has 0 atom stereocenters. The molecule has 2 aromatic carbocycles. The van der Waals surface area contributed by atoms with Gasteiger partial charge in [0.25, 0.3) is 5.78 Å². The lowest BCUT2D eigenvalue weighted by molar-refractivity contribution is -0.135. The molecule has 0 bridgehead atoms. The Kier molecular flexibility index (Phi) is 4.66. The standard InChI is InChI=1S/C17H16O3/c1-20-17(19)16(18)15-10-6-5-9-14(15)12-11-13-7-3-2-4-8-13/h2-10H,11-12H2,1H3. The first kappa shape index (κ1) is 14.0. The van der Waals surface area contributed by atoms with Gasteiger partial charge in [0.15, 0.2) is 0 Å². The maximum atomic E-state index is 11.9. The highest BCUT2D eigenvalue weighted by atomic mass is 16.5. The van der Waals surface area contributed by atoms with E-state index in [1.54, 1.807) is 12.1 Å². The second-order valence-electron chi connectivity index (χ2n) is 4.46. The molecule has 0 radical (unpaired) electrons. The minimum absolute atomic E-state index is 0.426. The number of Topliss-reactive ketones (excluding diaryl/α,β-unsaturated/α-hetero) is 1. The first-order chi connectivity index (χ1) is 9.72. The molecule has 0 N–H and O–H groups in total. The van der Waals surface area contributed by atoms with Crippen molar-refractivity contribution in [2.24, 2.45) is 0 Å². The molecule has 102 valence electrons. The Labute approximate surface area is 118 Å². The molecule has 2 aromatic rings. The molecular formula is C17H16O3. The minimum atomic E-state index is -0.822. The lowest BCUT2D eigenvalue weighted by atomic mass is 9.97. The first-order valence-corrected chi connectivity index (χ1v) is 6.47. The maximum Gasteiger partial charge on any atom is 0.379 e. The van der Waals surface area contributed by atoms with Crippen molar-refractivity contribution in [3.05, 3.63) is 71.3 Å². The van der Waals surface area contributed by atoms with Crippen LogP contribution in [0.1, 0.15) is 21.5 Å². The molecule has 0 aromatic heterocycles. The fraction of sp³-hybridized carbons (Fsp3) is 0.176. The van der Waals surface area contributed by atoms with E-state index in [4.69, 9.17) is 0 Å². The van der Waals surface area contributed by atoms with Crippen molar-refractivity contribution in [3.63, 3.8) is 0 Å². The highest BCUT2D eigenvalue weighted by Gasteiger charge is 2.19. The van der Waals surface area contributed by atoms with E-state index < -0.39 is 11.8 Å². The predicted molar refractivity (Wildman–Crippen MR) is 76.6 cm³/mol. The van der Waals surface area contributed by atoms with Crippen molar-refractivity contribution in [1.82, 2.24) is 0 Å². The Hall–Kier alpha value is -2.42. The van der Waals surface area contributed by atoms with Crippen LogP contribution < -0.4 is 0 Å². The van der Waals surface area contributed by atoms with Gasteiger partial charge >= 0.3 is 5.97 Å². The van der Waals surface area contributed by atoms with Gasteiger partial charge in [-0.3, -0.25) is 4.79 Å². The number of carbonyl (C=O) groups is 2. The van der Waals surface area contributed by atoms with Crippen molar-refractivity contribution in [1.29, 1.82) is 0 Å². The van der Waals surface area contributed by atoms with E-state index in [0.717, 1.165) is 12.0 Å². The quantitative estimate of drug-likeness (QED) is 0.476. The van der Waals surface area contributed by atoms with Crippen LogP contribution in [-0.2, 0) is 22.4 Å². The molecular weight excluding hydrogens is 252 g/mol. The van der Waals surface area contributed by atoms with Crippen LogP contribution in [0.5, 0.6) is 0 Å². The number of ether oxygens (including phenoxy) is 1. The molecule has 0 unspecified atom stereocenters. The number of rotatable bonds is 5. The Morgan fingerprint density at radius 2 is 1.55 bits per heavy atom. The van der Waals surface area contributed by atoms with Crippen LogP contribution in [0.4, 0.5) is 0 Å². The normalized spacial score (nSPS) is 10.1. The van der Waals surface area contributed by atoms with E-state index in [1.807, 2.05) is 42.5 Å². The first-order valence-electron chi connectivity index (χ1n) is 6.47. The number of carbonyl (C=O) groups excluding carboxylic acids is 2. The summed E-state index contributed by atoms with van der Waals surface area (Å²) in [6.45, 7) is 0. The molecule has 0 saturated heterocycles. The summed E-state index contributed by atoms with van der Waals surface area (Å²) in [4.78, 5) is 23.3. The molecule has 2 rings (SSSR count). The lowest BCUT2D eigenvalue weighted by Crippen LogP contribution is -2.17. The van der Waals surface area contributed by atoms with Crippen LogP contribution in [0.3, 0.4) is 0 Å². The smallest absolute Gasteiger partial charge is 0.379 e. The van der Waals surface area contributed by atoms with Crippen molar-refractivity contribution < 1.29 is 14.3 Å². The summed E-state index contributed by atoms with van der Waals surface area (Å²) in [5, 5.41) is 0. The van der Waals surface area contributed by atoms with Gasteiger partial charge in [-0.2, -0.15) is 0 Å². The average Bonchev–Trinajstić information content (AvgIpc) is 2.52. The van der Waals surface area contributed by atoms with Crippen LogP contribution in [0.25, 0.3) is 0 Å². The van der Waals surface area contributed by atoms with Gasteiger partial charge in [-0.05, 0) is 24.0 Å². The molecule has 0 fully saturated rings. The van der Waals surface area contributed by atoms with Crippen LogP contribution in [0.15, 0.2) is 54.6 Å². The SMILES string of the molecule is COC(=O)C(=O)c1ccccc1CCc1ccccc1. The molecule has 0 aliphatic rings. The topological polar surface area (TPSA) is 43.4 Å². The van der Waals surface area contributed by atoms with Gasteiger partial charge in [0.2, 0.25) is 0 Å². The van der Waals surface area contributed by atoms with Gasteiger partial charge in [0, 0.05) is 5.56 Å². The summed E-state index contributed by atoms with van der Waals surface area (Å²) in [5.41, 5.74) is 2.50. The van der Waals surface area contributed by atoms with Crippen LogP contribution in [0.2, 0.25) is 0 Å². The molecule has 0 heterocycles. The van der Waals surface area contributed by atoms with Crippen molar-refractivity contribution in [2.75, 3.05) is 7.11 Å². The highest BCUT2D eigenvalue weighted by molar-refractivity contribution is 6.40. The zero-order valence-electron chi connectivity index (χ0n) is 11.3. The number of esters is 1. The highest BCUT2D eigenvalue weighted by Crippen LogP contribution is 2.14. The number of methoxy groups -OCH3 is 1. The summed E-state index contributed by atoms with van der Waals surface area (Å²) < 4.78 is 4.50. The van der Waals surface area contributed by atoms with E-state index in [0.29, 0.717) is 12.0 Å². The second-order valence-corrected chi connectivity index (χ2v) is 4.46. The largest absolute Gasteiger partial charge is 0.463 e. The monoisotopic (exact) mass is 268 g/mol. The van der Waals surface area contributed by atoms with E-state index in [9.17, 15) is 9.59 Å². The molecule has 0 amide bonds. The van der Waals surface area contributed by atoms with Crippen LogP contribution in [-0.4, -0.2) is 18.9 Å². The second kappa shape index (κ2) is 6.66. The Bertz CT molecular complexity index is 603. The van der Waals surface area contributed by atoms with E-state index in [1.165, 1.54) is 12.7 Å². The maximum absolute atomic E-state index is 11.9. The number of aryl methyl sites for hydroxylation is 2. The van der Waals surface area contributed by atoms with Gasteiger partial charge in [-0.25, -0.2) is 4.79 Å². The van der Waals surface area contributed by atoms with Crippen LogP contribution >= 0.6 is 0 Å². The summed E-state index contributed by atoms with van der Waals surface area (Å²) >= 11 is 0. The molecule has 0 spiro atoms. The predicted octanol–water partition coefficient (Wildman–Crippen LogP) is 2.83. The molecule has 0 aliphatic heterocycles. The Morgan fingerprint density at radius 3 is 2.25 bits per heavy atom. The van der Waals surface area contributed by atoms with Gasteiger partial charge < -0.3 is 4.74 Å². The molecule has 3 heteroatoms. The fourth-order valence-electron chi connectivity index (χ4n) is 2.09. The summed E-state index contributed by atoms with van der Waals surface area (Å²) in [5.74, 6) is -1.41. The third-order valence-electron chi connectivity index (χ3n) is 3.16. The third kappa shape index (κ3) is 3.32. The minimum Gasteiger partial charge on any atom is -0.463 e. The van der Waals surface area contributed by atoms with Crippen LogP contribution in [0, 0.1) is 0 Å². The number of hydrogen-bond donors (Lipinski definition) is 0. The average molecular weight is 268 g/mol. The van der Waals surface area contributed by atoms with Crippen molar-refractivity contribution in [2.45, 2.75) is 12.8 Å². The third-order valence-corrected chi connectivity index (χ3v) is 3.16. The number of ketones is 1. The van der Waals surface area contributed by atoms with E-state index >= 15 is 0 Å². The Balaban J connectivity index is 2.16. The Morgan fingerprint density at radius 1 is 0.900 bits per heavy atom. The summed E-state index contributed by atoms with van der Waals surface area (Å²) in [7, 11) is 1.22. The van der Waals surface area contributed by atoms with Gasteiger partial charge in [0.05, 0.1) is 7.11 Å². The van der Waals surface area contributed by atoms with Gasteiger partial charge in [-0.15, -0.1) is 0 Å². The number of hydrogen-bond acceptors (Lipinski definition) is 3. The summed E-state index contributed by atoms with van der Waals surface area (Å²) in [6.07, 6.45) is 1.54. The molecule has 3 nitrogen and oxygen atoms in total. The van der Waals surface area contributed by atoms with Gasteiger partial charge in [-0.1, -0.05) is 54.6 Å². The molecule has 0 aliphatic carbocycles. The fourth-order valence-corrected chi connectivity index (χ4v) is 2.09. The van der Waals surface area contributed by atoms with E-state index in [2.05, 4.69) is 4.74 Å². The zero-order chi connectivity index (χ0) is 14.4. The molecule has 20 heavy (non-hydrogen) atoms. The molecule has 0 saturated carbocycles. The van der Waals surface area contributed by atoms with E-state index in [-0.39, 0.29) is 0 Å². The number of benzene rings is 2. The zero-order valence-corrected chi connectivity index (χ0v) is 11.3. The summed E-state index contributed by atoms with van der Waals surface area (Å²) in [6, 6.07) is 17.2. The van der Waals surface area contributed by atoms with Crippen molar-refractivity contribution in [3.8, 4) is 0 Å².